The lowest BCUT2D eigenvalue weighted by atomic mass is 10.2. The van der Waals surface area contributed by atoms with Gasteiger partial charge >= 0.3 is 6.61 Å². The van der Waals surface area contributed by atoms with Gasteiger partial charge in [0.05, 0.1) is 13.2 Å². The Morgan fingerprint density at radius 2 is 2.00 bits per heavy atom. The van der Waals surface area contributed by atoms with Crippen molar-refractivity contribution in [1.82, 2.24) is 10.6 Å². The van der Waals surface area contributed by atoms with Crippen LogP contribution < -0.4 is 15.4 Å². The van der Waals surface area contributed by atoms with Crippen molar-refractivity contribution in [2.24, 2.45) is 4.99 Å². The van der Waals surface area contributed by atoms with E-state index in [1.54, 1.807) is 25.3 Å². The molecule has 1 aromatic carbocycles. The van der Waals surface area contributed by atoms with Crippen LogP contribution in [0.15, 0.2) is 29.3 Å². The minimum atomic E-state index is -2.85. The van der Waals surface area contributed by atoms with Gasteiger partial charge in [0.25, 0.3) is 0 Å². The van der Waals surface area contributed by atoms with Gasteiger partial charge in [-0.1, -0.05) is 18.2 Å². The van der Waals surface area contributed by atoms with Crippen molar-refractivity contribution in [3.05, 3.63) is 29.8 Å². The molecule has 1 rings (SSSR count). The van der Waals surface area contributed by atoms with Crippen LogP contribution in [0, 0.1) is 0 Å². The maximum atomic E-state index is 12.4. The number of hydrogen-bond acceptors (Lipinski definition) is 3. The van der Waals surface area contributed by atoms with E-state index in [0.717, 1.165) is 0 Å². The van der Waals surface area contributed by atoms with Gasteiger partial charge in [-0.15, -0.1) is 24.0 Å². The Balaban J connectivity index is 0.00000484. The van der Waals surface area contributed by atoms with E-state index in [0.29, 0.717) is 24.7 Å². The molecule has 1 aromatic rings. The van der Waals surface area contributed by atoms with Crippen molar-refractivity contribution in [2.45, 2.75) is 33.0 Å². The molecule has 0 aliphatic heterocycles. The maximum Gasteiger partial charge on any atom is 0.387 e. The lowest BCUT2D eigenvalue weighted by Gasteiger charge is -2.17. The van der Waals surface area contributed by atoms with E-state index in [4.69, 9.17) is 4.74 Å². The summed E-state index contributed by atoms with van der Waals surface area (Å²) in [5, 5.41) is 6.27. The number of nitrogens with zero attached hydrogens (tertiary/aromatic N) is 1. The Hall–Kier alpha value is -1.16. The fourth-order valence-corrected chi connectivity index (χ4v) is 1.85. The number of nitrogens with one attached hydrogen (secondary N) is 2. The number of hydrogen-bond donors (Lipinski definition) is 2. The van der Waals surface area contributed by atoms with Gasteiger partial charge in [-0.3, -0.25) is 0 Å². The van der Waals surface area contributed by atoms with E-state index >= 15 is 0 Å². The summed E-state index contributed by atoms with van der Waals surface area (Å²) in [6.45, 7) is 2.53. The molecule has 5 nitrogen and oxygen atoms in total. The fraction of sp³-hybridized carbons (Fsp3) is 0.533. The standard InChI is InChI=1S/C15H23F2N3O2.HI/c1-4-18-15(20-11(2)10-21-3)19-9-12-7-5-6-8-13(12)22-14(16)17;/h5-8,11,14H,4,9-10H2,1-3H3,(H2,18,19,20);1H. The number of methoxy groups -OCH3 is 1. The lowest BCUT2D eigenvalue weighted by Crippen LogP contribution is -2.43. The van der Waals surface area contributed by atoms with E-state index in [9.17, 15) is 8.78 Å². The minimum absolute atomic E-state index is 0. The summed E-state index contributed by atoms with van der Waals surface area (Å²) in [6, 6.07) is 6.70. The zero-order valence-corrected chi connectivity index (χ0v) is 15.8. The van der Waals surface area contributed by atoms with Crippen LogP contribution in [0.4, 0.5) is 8.78 Å². The predicted octanol–water partition coefficient (Wildman–Crippen LogP) is 3.00. The minimum Gasteiger partial charge on any atom is -0.434 e. The highest BCUT2D eigenvalue weighted by Crippen LogP contribution is 2.20. The molecule has 0 amide bonds. The topological polar surface area (TPSA) is 54.9 Å². The lowest BCUT2D eigenvalue weighted by molar-refractivity contribution is -0.0504. The molecule has 0 heterocycles. The van der Waals surface area contributed by atoms with Gasteiger partial charge in [-0.2, -0.15) is 8.78 Å². The summed E-state index contributed by atoms with van der Waals surface area (Å²) in [5.41, 5.74) is 0.597. The summed E-state index contributed by atoms with van der Waals surface area (Å²) in [7, 11) is 1.63. The Bertz CT molecular complexity index is 476. The summed E-state index contributed by atoms with van der Waals surface area (Å²) in [6.07, 6.45) is 0. The van der Waals surface area contributed by atoms with Gasteiger partial charge in [0.1, 0.15) is 5.75 Å². The second-order valence-electron chi connectivity index (χ2n) is 4.68. The van der Waals surface area contributed by atoms with Gasteiger partial charge in [0, 0.05) is 25.3 Å². The Morgan fingerprint density at radius 3 is 2.61 bits per heavy atom. The average Bonchev–Trinajstić information content (AvgIpc) is 2.46. The first-order chi connectivity index (χ1) is 10.6. The van der Waals surface area contributed by atoms with E-state index < -0.39 is 6.61 Å². The van der Waals surface area contributed by atoms with E-state index in [1.165, 1.54) is 6.07 Å². The van der Waals surface area contributed by atoms with Crippen molar-refractivity contribution >= 4 is 29.9 Å². The molecule has 23 heavy (non-hydrogen) atoms. The highest BCUT2D eigenvalue weighted by Gasteiger charge is 2.09. The van der Waals surface area contributed by atoms with Crippen molar-refractivity contribution in [1.29, 1.82) is 0 Å². The molecule has 1 atom stereocenters. The second-order valence-corrected chi connectivity index (χ2v) is 4.68. The van der Waals surface area contributed by atoms with E-state index in [2.05, 4.69) is 20.4 Å². The fourth-order valence-electron chi connectivity index (χ4n) is 1.85. The SMILES string of the molecule is CCNC(=NCc1ccccc1OC(F)F)NC(C)COC.I. The Kier molecular flexibility index (Phi) is 11.7. The largest absolute Gasteiger partial charge is 0.434 e. The zero-order chi connectivity index (χ0) is 16.4. The second kappa shape index (κ2) is 12.3. The van der Waals surface area contributed by atoms with Crippen LogP contribution in [-0.4, -0.2) is 38.9 Å². The van der Waals surface area contributed by atoms with Crippen molar-refractivity contribution in [3.8, 4) is 5.75 Å². The first kappa shape index (κ1) is 21.8. The van der Waals surface area contributed by atoms with Crippen molar-refractivity contribution in [3.63, 3.8) is 0 Å². The number of ether oxygens (including phenoxy) is 2. The molecule has 0 saturated heterocycles. The molecule has 0 fully saturated rings. The van der Waals surface area contributed by atoms with Crippen molar-refractivity contribution in [2.75, 3.05) is 20.3 Å². The third-order valence-electron chi connectivity index (χ3n) is 2.74. The van der Waals surface area contributed by atoms with Crippen LogP contribution in [0.25, 0.3) is 0 Å². The molecule has 0 bridgehead atoms. The van der Waals surface area contributed by atoms with E-state index in [-0.39, 0.29) is 42.3 Å². The van der Waals surface area contributed by atoms with Gasteiger partial charge in [-0.05, 0) is 19.9 Å². The molecule has 0 saturated carbocycles. The molecule has 0 aliphatic carbocycles. The summed E-state index contributed by atoms with van der Waals surface area (Å²) in [4.78, 5) is 4.39. The first-order valence-electron chi connectivity index (χ1n) is 7.13. The van der Waals surface area contributed by atoms with Crippen LogP contribution in [0.1, 0.15) is 19.4 Å². The molecule has 0 aliphatic rings. The number of rotatable bonds is 8. The molecule has 0 radical (unpaired) electrons. The molecule has 2 N–H and O–H groups in total. The molecule has 0 spiro atoms. The van der Waals surface area contributed by atoms with Crippen LogP contribution in [-0.2, 0) is 11.3 Å². The third kappa shape index (κ3) is 8.89. The molecule has 1 unspecified atom stereocenters. The third-order valence-corrected chi connectivity index (χ3v) is 2.74. The van der Waals surface area contributed by atoms with Crippen LogP contribution in [0.5, 0.6) is 5.75 Å². The smallest absolute Gasteiger partial charge is 0.387 e. The highest BCUT2D eigenvalue weighted by molar-refractivity contribution is 14.0. The normalized spacial score (nSPS) is 12.5. The molecule has 8 heteroatoms. The predicted molar refractivity (Wildman–Crippen MR) is 97.8 cm³/mol. The molecular formula is C15H24F2IN3O2. The first-order valence-corrected chi connectivity index (χ1v) is 7.13. The summed E-state index contributed by atoms with van der Waals surface area (Å²) < 4.78 is 34.3. The Morgan fingerprint density at radius 1 is 1.30 bits per heavy atom. The van der Waals surface area contributed by atoms with Gasteiger partial charge in [0.15, 0.2) is 5.96 Å². The average molecular weight is 443 g/mol. The van der Waals surface area contributed by atoms with Gasteiger partial charge < -0.3 is 20.1 Å². The van der Waals surface area contributed by atoms with E-state index in [1.807, 2.05) is 13.8 Å². The molecule has 132 valence electrons. The van der Waals surface area contributed by atoms with Gasteiger partial charge in [-0.25, -0.2) is 4.99 Å². The zero-order valence-electron chi connectivity index (χ0n) is 13.5. The highest BCUT2D eigenvalue weighted by atomic mass is 127. The quantitative estimate of drug-likeness (QED) is 0.369. The van der Waals surface area contributed by atoms with Crippen LogP contribution in [0.2, 0.25) is 0 Å². The number of aliphatic imine (C=N–C) groups is 1. The number of alkyl halides is 2. The number of halogens is 3. The molecular weight excluding hydrogens is 419 g/mol. The maximum absolute atomic E-state index is 12.4. The number of guanidine groups is 1. The van der Waals surface area contributed by atoms with Crippen LogP contribution in [0.3, 0.4) is 0 Å². The summed E-state index contributed by atoms with van der Waals surface area (Å²) in [5.74, 6) is 0.737. The number of benzene rings is 1. The Labute approximate surface area is 152 Å². The number of para-hydroxylation sites is 1. The van der Waals surface area contributed by atoms with Crippen molar-refractivity contribution < 1.29 is 18.3 Å². The molecule has 0 aromatic heterocycles. The van der Waals surface area contributed by atoms with Gasteiger partial charge in [0.2, 0.25) is 0 Å². The van der Waals surface area contributed by atoms with Crippen LogP contribution >= 0.6 is 24.0 Å². The summed E-state index contributed by atoms with van der Waals surface area (Å²) >= 11 is 0. The monoisotopic (exact) mass is 443 g/mol.